The third-order valence-electron chi connectivity index (χ3n) is 5.75. The molecule has 2 unspecified atom stereocenters. The van der Waals surface area contributed by atoms with Crippen LogP contribution in [-0.4, -0.2) is 37.1 Å². The SMILES string of the molecule is Cn1cc(-c2cnc3[nH]nc(NC4CCCC(OCc5ccccc5)C4)c3c2)cn1. The van der Waals surface area contributed by atoms with E-state index in [1.54, 1.807) is 4.68 Å². The van der Waals surface area contributed by atoms with Gasteiger partial charge in [0.1, 0.15) is 0 Å². The third kappa shape index (κ3) is 4.07. The fraction of sp³-hybridized carbons (Fsp3) is 0.348. The molecule has 1 aliphatic rings. The molecule has 1 aliphatic carbocycles. The number of rotatable bonds is 6. The zero-order chi connectivity index (χ0) is 20.3. The first-order chi connectivity index (χ1) is 14.7. The van der Waals surface area contributed by atoms with Crippen molar-refractivity contribution < 1.29 is 4.74 Å². The predicted molar refractivity (Wildman–Crippen MR) is 117 cm³/mol. The van der Waals surface area contributed by atoms with Gasteiger partial charge in [0.25, 0.3) is 0 Å². The molecule has 0 bridgehead atoms. The first kappa shape index (κ1) is 18.8. The maximum Gasteiger partial charge on any atom is 0.157 e. The summed E-state index contributed by atoms with van der Waals surface area (Å²) in [5.74, 6) is 0.858. The van der Waals surface area contributed by atoms with Gasteiger partial charge in [0.15, 0.2) is 11.5 Å². The molecule has 0 spiro atoms. The van der Waals surface area contributed by atoms with Crippen molar-refractivity contribution in [2.75, 3.05) is 5.32 Å². The average Bonchev–Trinajstić information content (AvgIpc) is 3.39. The van der Waals surface area contributed by atoms with Gasteiger partial charge in [-0.2, -0.15) is 10.2 Å². The smallest absolute Gasteiger partial charge is 0.157 e. The van der Waals surface area contributed by atoms with E-state index in [2.05, 4.69) is 55.9 Å². The van der Waals surface area contributed by atoms with E-state index in [4.69, 9.17) is 4.74 Å². The van der Waals surface area contributed by atoms with Gasteiger partial charge in [0.2, 0.25) is 0 Å². The van der Waals surface area contributed by atoms with Gasteiger partial charge < -0.3 is 10.1 Å². The Labute approximate surface area is 175 Å². The predicted octanol–water partition coefficient (Wildman–Crippen LogP) is 4.30. The fourth-order valence-corrected chi connectivity index (χ4v) is 4.15. The topological polar surface area (TPSA) is 80.7 Å². The molecular formula is C23H26N6O. The molecule has 0 radical (unpaired) electrons. The van der Waals surface area contributed by atoms with E-state index >= 15 is 0 Å². The van der Waals surface area contributed by atoms with Gasteiger partial charge in [-0.1, -0.05) is 30.3 Å². The first-order valence-electron chi connectivity index (χ1n) is 10.5. The highest BCUT2D eigenvalue weighted by molar-refractivity contribution is 5.90. The van der Waals surface area contributed by atoms with Crippen LogP contribution >= 0.6 is 0 Å². The van der Waals surface area contributed by atoms with Gasteiger partial charge in [0.05, 0.1) is 24.3 Å². The Morgan fingerprint density at radius 1 is 1.17 bits per heavy atom. The van der Waals surface area contributed by atoms with Gasteiger partial charge in [-0.15, -0.1) is 0 Å². The number of aromatic nitrogens is 5. The Balaban J connectivity index is 1.27. The maximum atomic E-state index is 6.20. The minimum atomic E-state index is 0.269. The summed E-state index contributed by atoms with van der Waals surface area (Å²) >= 11 is 0. The molecule has 1 aromatic carbocycles. The van der Waals surface area contributed by atoms with Crippen molar-refractivity contribution in [3.63, 3.8) is 0 Å². The number of fused-ring (bicyclic) bond motifs is 1. The summed E-state index contributed by atoms with van der Waals surface area (Å²) < 4.78 is 7.99. The molecule has 30 heavy (non-hydrogen) atoms. The molecule has 4 aromatic rings. The summed E-state index contributed by atoms with van der Waals surface area (Å²) in [5.41, 5.74) is 4.09. The molecule has 3 aromatic heterocycles. The highest BCUT2D eigenvalue weighted by Crippen LogP contribution is 2.29. The molecular weight excluding hydrogens is 376 g/mol. The van der Waals surface area contributed by atoms with Crippen LogP contribution in [0.15, 0.2) is 55.0 Å². The van der Waals surface area contributed by atoms with Crippen LogP contribution in [-0.2, 0) is 18.4 Å². The van der Waals surface area contributed by atoms with Crippen molar-refractivity contribution in [1.29, 1.82) is 0 Å². The van der Waals surface area contributed by atoms with Gasteiger partial charge in [0, 0.05) is 36.6 Å². The summed E-state index contributed by atoms with van der Waals surface area (Å²) in [6, 6.07) is 12.8. The van der Waals surface area contributed by atoms with Crippen LogP contribution in [0.3, 0.4) is 0 Å². The van der Waals surface area contributed by atoms with Crippen molar-refractivity contribution >= 4 is 16.9 Å². The molecule has 0 aliphatic heterocycles. The van der Waals surface area contributed by atoms with E-state index in [1.807, 2.05) is 31.7 Å². The molecule has 7 heteroatoms. The summed E-state index contributed by atoms with van der Waals surface area (Å²) in [6.07, 6.45) is 10.3. The summed E-state index contributed by atoms with van der Waals surface area (Å²) in [6.45, 7) is 0.669. The van der Waals surface area contributed by atoms with Crippen LogP contribution < -0.4 is 5.32 Å². The molecule has 7 nitrogen and oxygen atoms in total. The molecule has 2 atom stereocenters. The second kappa shape index (κ2) is 8.28. The minimum absolute atomic E-state index is 0.269. The Hall–Kier alpha value is -3.19. The van der Waals surface area contributed by atoms with Crippen LogP contribution in [0, 0.1) is 0 Å². The van der Waals surface area contributed by atoms with Gasteiger partial charge >= 0.3 is 0 Å². The van der Waals surface area contributed by atoms with Crippen LogP contribution in [0.25, 0.3) is 22.2 Å². The zero-order valence-corrected chi connectivity index (χ0v) is 17.1. The molecule has 154 valence electrons. The molecule has 1 saturated carbocycles. The van der Waals surface area contributed by atoms with E-state index < -0.39 is 0 Å². The van der Waals surface area contributed by atoms with Crippen molar-refractivity contribution in [2.24, 2.45) is 7.05 Å². The van der Waals surface area contributed by atoms with Crippen LogP contribution in [0.4, 0.5) is 5.82 Å². The van der Waals surface area contributed by atoms with E-state index in [1.165, 1.54) is 5.56 Å². The summed E-state index contributed by atoms with van der Waals surface area (Å²) in [5, 5.41) is 16.4. The number of benzene rings is 1. The largest absolute Gasteiger partial charge is 0.373 e. The quantitative estimate of drug-likeness (QED) is 0.503. The third-order valence-corrected chi connectivity index (χ3v) is 5.75. The monoisotopic (exact) mass is 402 g/mol. The second-order valence-electron chi connectivity index (χ2n) is 8.02. The van der Waals surface area contributed by atoms with Crippen LogP contribution in [0.5, 0.6) is 0 Å². The number of aromatic amines is 1. The van der Waals surface area contributed by atoms with Gasteiger partial charge in [-0.3, -0.25) is 9.78 Å². The van der Waals surface area contributed by atoms with Crippen LogP contribution in [0.2, 0.25) is 0 Å². The minimum Gasteiger partial charge on any atom is -0.373 e. The van der Waals surface area contributed by atoms with E-state index in [0.29, 0.717) is 12.6 Å². The summed E-state index contributed by atoms with van der Waals surface area (Å²) in [7, 11) is 1.92. The second-order valence-corrected chi connectivity index (χ2v) is 8.02. The average molecular weight is 403 g/mol. The van der Waals surface area contributed by atoms with Gasteiger partial charge in [-0.25, -0.2) is 4.98 Å². The Morgan fingerprint density at radius 2 is 2.07 bits per heavy atom. The molecule has 0 amide bonds. The number of hydrogen-bond donors (Lipinski definition) is 2. The lowest BCUT2D eigenvalue weighted by atomic mass is 9.92. The number of hydrogen-bond acceptors (Lipinski definition) is 5. The molecule has 0 saturated heterocycles. The number of nitrogens with zero attached hydrogens (tertiary/aromatic N) is 4. The maximum absolute atomic E-state index is 6.20. The number of ether oxygens (including phenoxy) is 1. The molecule has 2 N–H and O–H groups in total. The molecule has 5 rings (SSSR count). The number of pyridine rings is 1. The highest BCUT2D eigenvalue weighted by Gasteiger charge is 2.24. The van der Waals surface area contributed by atoms with E-state index in [-0.39, 0.29) is 6.10 Å². The number of nitrogens with one attached hydrogen (secondary N) is 2. The standard InChI is InChI=1S/C23H26N6O/c1-29-14-18(13-25-29)17-10-21-22(24-12-17)27-28-23(21)26-19-8-5-9-20(11-19)30-15-16-6-3-2-4-7-16/h2-4,6-7,10,12-14,19-20H,5,8-9,11,15H2,1H3,(H2,24,26,27,28). The molecule has 3 heterocycles. The fourth-order valence-electron chi connectivity index (χ4n) is 4.15. The first-order valence-corrected chi connectivity index (χ1v) is 10.5. The Bertz CT molecular complexity index is 1120. The van der Waals surface area contributed by atoms with E-state index in [9.17, 15) is 0 Å². The lowest BCUT2D eigenvalue weighted by molar-refractivity contribution is 0.0140. The van der Waals surface area contributed by atoms with Crippen molar-refractivity contribution in [3.8, 4) is 11.1 Å². The Morgan fingerprint density at radius 3 is 2.90 bits per heavy atom. The van der Waals surface area contributed by atoms with Crippen molar-refractivity contribution in [3.05, 3.63) is 60.6 Å². The highest BCUT2D eigenvalue weighted by atomic mass is 16.5. The van der Waals surface area contributed by atoms with Crippen molar-refractivity contribution in [2.45, 2.75) is 44.4 Å². The normalized spacial score (nSPS) is 19.2. The number of anilines is 1. The lowest BCUT2D eigenvalue weighted by Gasteiger charge is -2.30. The zero-order valence-electron chi connectivity index (χ0n) is 17.1. The Kier molecular flexibility index (Phi) is 5.19. The van der Waals surface area contributed by atoms with Crippen molar-refractivity contribution in [1.82, 2.24) is 25.0 Å². The van der Waals surface area contributed by atoms with Gasteiger partial charge in [-0.05, 0) is 37.3 Å². The van der Waals surface area contributed by atoms with Crippen LogP contribution in [0.1, 0.15) is 31.2 Å². The summed E-state index contributed by atoms with van der Waals surface area (Å²) in [4.78, 5) is 4.54. The lowest BCUT2D eigenvalue weighted by Crippen LogP contribution is -2.31. The van der Waals surface area contributed by atoms with E-state index in [0.717, 1.165) is 53.7 Å². The number of aryl methyl sites for hydroxylation is 1. The number of H-pyrrole nitrogens is 1. The molecule has 1 fully saturated rings.